The second-order valence-corrected chi connectivity index (χ2v) is 8.41. The highest BCUT2D eigenvalue weighted by Crippen LogP contribution is 2.26. The van der Waals surface area contributed by atoms with Gasteiger partial charge >= 0.3 is 0 Å². The van der Waals surface area contributed by atoms with Crippen LogP contribution in [0.15, 0.2) is 60.7 Å². The van der Waals surface area contributed by atoms with Crippen molar-refractivity contribution in [2.45, 2.75) is 32.1 Å². The Kier molecular flexibility index (Phi) is 6.36. The summed E-state index contributed by atoms with van der Waals surface area (Å²) >= 11 is 0. The summed E-state index contributed by atoms with van der Waals surface area (Å²) in [6.07, 6.45) is 0. The first-order valence-corrected chi connectivity index (χ1v) is 10.9. The van der Waals surface area contributed by atoms with E-state index in [1.807, 2.05) is 54.6 Å². The molecule has 0 saturated heterocycles. The number of fused-ring (bicyclic) bond motifs is 1. The Balaban J connectivity index is 1.45. The molecule has 0 unspecified atom stereocenters. The minimum absolute atomic E-state index is 0.124. The van der Waals surface area contributed by atoms with Gasteiger partial charge in [0.2, 0.25) is 5.91 Å². The van der Waals surface area contributed by atoms with E-state index in [0.29, 0.717) is 13.1 Å². The first-order valence-electron chi connectivity index (χ1n) is 10.9. The van der Waals surface area contributed by atoms with Crippen LogP contribution in [0.2, 0.25) is 0 Å². The van der Waals surface area contributed by atoms with Gasteiger partial charge in [0, 0.05) is 26.2 Å². The van der Waals surface area contributed by atoms with Crippen molar-refractivity contribution in [2.24, 2.45) is 0 Å². The summed E-state index contributed by atoms with van der Waals surface area (Å²) in [7, 11) is 3.18. The van der Waals surface area contributed by atoms with Crippen molar-refractivity contribution in [1.82, 2.24) is 25.3 Å². The number of nitrogens with one attached hydrogen (secondary N) is 2. The molecule has 1 aliphatic heterocycles. The summed E-state index contributed by atoms with van der Waals surface area (Å²) < 4.78 is 6.57. The number of nitrogens with zero attached hydrogens (tertiary/aromatic N) is 3. The van der Waals surface area contributed by atoms with Gasteiger partial charge in [0.15, 0.2) is 5.69 Å². The standard InChI is InChI=1S/C25H27N5O4/c1-25(24(33)27-15-17-7-5-4-6-8-17)16-30-21(23(32)29(25)2)13-20(28-30)22(31)26-14-18-9-11-19(34-3)12-10-18/h4-13H,14-16H2,1-3H3,(H,26,31)(H,27,33)/t25-/m0/s1. The molecular formula is C25H27N5O4. The number of ether oxygens (including phenoxy) is 1. The number of rotatable bonds is 7. The first kappa shape index (κ1) is 23.0. The molecule has 0 bridgehead atoms. The number of carbonyl (C=O) groups is 3. The molecule has 1 aromatic heterocycles. The maximum atomic E-state index is 13.1. The number of aromatic nitrogens is 2. The quantitative estimate of drug-likeness (QED) is 0.560. The minimum atomic E-state index is -1.15. The van der Waals surface area contributed by atoms with Crippen LogP contribution in [0, 0.1) is 0 Å². The fourth-order valence-corrected chi connectivity index (χ4v) is 3.82. The van der Waals surface area contributed by atoms with Crippen LogP contribution in [0.25, 0.3) is 0 Å². The van der Waals surface area contributed by atoms with Crippen LogP contribution >= 0.6 is 0 Å². The van der Waals surface area contributed by atoms with Crippen molar-refractivity contribution < 1.29 is 19.1 Å². The number of carbonyl (C=O) groups excluding carboxylic acids is 3. The summed E-state index contributed by atoms with van der Waals surface area (Å²) in [4.78, 5) is 40.2. The van der Waals surface area contributed by atoms with E-state index in [2.05, 4.69) is 15.7 Å². The molecule has 2 heterocycles. The van der Waals surface area contributed by atoms with E-state index in [0.717, 1.165) is 16.9 Å². The molecule has 0 aliphatic carbocycles. The number of amides is 3. The van der Waals surface area contributed by atoms with Gasteiger partial charge in [-0.3, -0.25) is 19.1 Å². The molecule has 3 amide bonds. The van der Waals surface area contributed by atoms with Crippen LogP contribution in [0.4, 0.5) is 0 Å². The Hall–Kier alpha value is -4.14. The molecule has 9 heteroatoms. The summed E-state index contributed by atoms with van der Waals surface area (Å²) in [5, 5.41) is 10.0. The maximum absolute atomic E-state index is 13.1. The fourth-order valence-electron chi connectivity index (χ4n) is 3.82. The van der Waals surface area contributed by atoms with Crippen molar-refractivity contribution in [2.75, 3.05) is 14.2 Å². The highest BCUT2D eigenvalue weighted by Gasteiger charge is 2.46. The monoisotopic (exact) mass is 461 g/mol. The van der Waals surface area contributed by atoms with Crippen molar-refractivity contribution in [3.8, 4) is 5.75 Å². The van der Waals surface area contributed by atoms with Crippen molar-refractivity contribution >= 4 is 17.7 Å². The van der Waals surface area contributed by atoms with E-state index in [-0.39, 0.29) is 29.7 Å². The third kappa shape index (κ3) is 4.50. The number of hydrogen-bond acceptors (Lipinski definition) is 5. The molecule has 0 spiro atoms. The summed E-state index contributed by atoms with van der Waals surface area (Å²) in [6.45, 7) is 2.48. The molecule has 3 aromatic rings. The zero-order chi connectivity index (χ0) is 24.3. The largest absolute Gasteiger partial charge is 0.497 e. The van der Waals surface area contributed by atoms with Crippen molar-refractivity contribution in [3.63, 3.8) is 0 Å². The highest BCUT2D eigenvalue weighted by atomic mass is 16.5. The van der Waals surface area contributed by atoms with Gasteiger partial charge in [-0.15, -0.1) is 0 Å². The number of methoxy groups -OCH3 is 1. The molecule has 9 nitrogen and oxygen atoms in total. The lowest BCUT2D eigenvalue weighted by atomic mass is 9.96. The van der Waals surface area contributed by atoms with Gasteiger partial charge in [-0.2, -0.15) is 5.10 Å². The average Bonchev–Trinajstić information content (AvgIpc) is 3.29. The first-order chi connectivity index (χ1) is 16.3. The summed E-state index contributed by atoms with van der Waals surface area (Å²) in [6, 6.07) is 18.3. The number of likely N-dealkylation sites (N-methyl/N-ethyl adjacent to an activating group) is 1. The number of benzene rings is 2. The molecule has 0 saturated carbocycles. The van der Waals surface area contributed by atoms with E-state index in [1.165, 1.54) is 15.6 Å². The predicted octanol–water partition coefficient (Wildman–Crippen LogP) is 1.98. The zero-order valence-electron chi connectivity index (χ0n) is 19.4. The zero-order valence-corrected chi connectivity index (χ0v) is 19.4. The van der Waals surface area contributed by atoms with Crippen molar-refractivity contribution in [3.05, 3.63) is 83.2 Å². The van der Waals surface area contributed by atoms with Crippen LogP contribution in [0.1, 0.15) is 39.0 Å². The molecule has 2 aromatic carbocycles. The van der Waals surface area contributed by atoms with Crippen LogP contribution in [-0.4, -0.2) is 52.1 Å². The molecule has 0 radical (unpaired) electrons. The van der Waals surface area contributed by atoms with Crippen LogP contribution in [0.5, 0.6) is 5.75 Å². The molecule has 34 heavy (non-hydrogen) atoms. The number of hydrogen-bond donors (Lipinski definition) is 2. The Labute approximate surface area is 197 Å². The molecule has 1 atom stereocenters. The van der Waals surface area contributed by atoms with E-state index >= 15 is 0 Å². The molecule has 2 N–H and O–H groups in total. The Morgan fingerprint density at radius 1 is 1.03 bits per heavy atom. The summed E-state index contributed by atoms with van der Waals surface area (Å²) in [5.74, 6) is -0.331. The second kappa shape index (κ2) is 9.38. The van der Waals surface area contributed by atoms with Gasteiger partial charge in [-0.25, -0.2) is 0 Å². The molecule has 1 aliphatic rings. The van der Waals surface area contributed by atoms with E-state index in [9.17, 15) is 14.4 Å². The smallest absolute Gasteiger partial charge is 0.272 e. The van der Waals surface area contributed by atoms with Gasteiger partial charge in [0.1, 0.15) is 17.0 Å². The molecular weight excluding hydrogens is 434 g/mol. The van der Waals surface area contributed by atoms with Crippen LogP contribution < -0.4 is 15.4 Å². The van der Waals surface area contributed by atoms with Crippen molar-refractivity contribution in [1.29, 1.82) is 0 Å². The normalized spacial score (nSPS) is 17.1. The molecule has 0 fully saturated rings. The Morgan fingerprint density at radius 3 is 2.35 bits per heavy atom. The Morgan fingerprint density at radius 2 is 1.68 bits per heavy atom. The average molecular weight is 462 g/mol. The lowest BCUT2D eigenvalue weighted by Crippen LogP contribution is -2.62. The lowest BCUT2D eigenvalue weighted by Gasteiger charge is -2.40. The van der Waals surface area contributed by atoms with Crippen LogP contribution in [-0.2, 0) is 24.4 Å². The van der Waals surface area contributed by atoms with Gasteiger partial charge < -0.3 is 20.3 Å². The van der Waals surface area contributed by atoms with Gasteiger partial charge in [0.25, 0.3) is 11.8 Å². The molecule has 4 rings (SSSR count). The molecule has 176 valence electrons. The fraction of sp³-hybridized carbons (Fsp3) is 0.280. The van der Waals surface area contributed by atoms with E-state index in [4.69, 9.17) is 4.74 Å². The topological polar surface area (TPSA) is 106 Å². The predicted molar refractivity (Wildman–Crippen MR) is 125 cm³/mol. The minimum Gasteiger partial charge on any atom is -0.497 e. The van der Waals surface area contributed by atoms with Crippen LogP contribution in [0.3, 0.4) is 0 Å². The third-order valence-electron chi connectivity index (χ3n) is 6.13. The SMILES string of the molecule is COc1ccc(CNC(=O)c2cc3n(n2)C[C@@](C)(C(=O)NCc2ccccc2)N(C)C3=O)cc1. The third-order valence-corrected chi connectivity index (χ3v) is 6.13. The second-order valence-electron chi connectivity index (χ2n) is 8.41. The highest BCUT2D eigenvalue weighted by molar-refractivity contribution is 6.01. The van der Waals surface area contributed by atoms with Gasteiger partial charge in [0.05, 0.1) is 13.7 Å². The van der Waals surface area contributed by atoms with E-state index < -0.39 is 11.4 Å². The summed E-state index contributed by atoms with van der Waals surface area (Å²) in [5.41, 5.74) is 1.10. The van der Waals surface area contributed by atoms with Gasteiger partial charge in [-0.1, -0.05) is 42.5 Å². The lowest BCUT2D eigenvalue weighted by molar-refractivity contribution is -0.132. The Bertz CT molecular complexity index is 1210. The van der Waals surface area contributed by atoms with E-state index in [1.54, 1.807) is 21.1 Å². The maximum Gasteiger partial charge on any atom is 0.272 e. The van der Waals surface area contributed by atoms with Gasteiger partial charge in [-0.05, 0) is 30.2 Å².